The maximum Gasteiger partial charge on any atom is 0.311 e. The van der Waals surface area contributed by atoms with Gasteiger partial charge in [-0.1, -0.05) is 12.8 Å². The Morgan fingerprint density at radius 3 is 2.83 bits per heavy atom. The molecule has 1 aliphatic heterocycles. The summed E-state index contributed by atoms with van der Waals surface area (Å²) in [6, 6.07) is 3.74. The summed E-state index contributed by atoms with van der Waals surface area (Å²) in [4.78, 5) is 37.4. The lowest BCUT2D eigenvalue weighted by atomic mass is 10.1. The monoisotopic (exact) mass is 334 g/mol. The highest BCUT2D eigenvalue weighted by Crippen LogP contribution is 2.21. The van der Waals surface area contributed by atoms with Gasteiger partial charge in [-0.25, -0.2) is 0 Å². The Labute approximate surface area is 140 Å². The van der Waals surface area contributed by atoms with Crippen LogP contribution in [0.2, 0.25) is 0 Å². The van der Waals surface area contributed by atoms with Gasteiger partial charge in [0.15, 0.2) is 6.61 Å². The van der Waals surface area contributed by atoms with Crippen LogP contribution in [0.4, 0.5) is 0 Å². The van der Waals surface area contributed by atoms with Crippen LogP contribution < -0.4 is 5.32 Å². The quantitative estimate of drug-likeness (QED) is 0.791. The Kier molecular flexibility index (Phi) is 5.17. The van der Waals surface area contributed by atoms with Gasteiger partial charge in [-0.05, 0) is 25.0 Å². The number of nitrogens with zero attached hydrogens (tertiary/aromatic N) is 1. The number of hydrogen-bond acceptors (Lipinski definition) is 5. The highest BCUT2D eigenvalue weighted by molar-refractivity contribution is 5.88. The van der Waals surface area contributed by atoms with E-state index in [1.165, 1.54) is 0 Å². The van der Waals surface area contributed by atoms with E-state index in [4.69, 9.17) is 9.15 Å². The molecule has 2 fully saturated rings. The van der Waals surface area contributed by atoms with E-state index >= 15 is 0 Å². The SMILES string of the molecule is O=C(COC(=O)[C@@H]1CC(=O)N(Cc2ccco2)C1)NC1CCCC1. The van der Waals surface area contributed by atoms with E-state index in [9.17, 15) is 14.4 Å². The molecule has 0 unspecified atom stereocenters. The molecule has 1 saturated heterocycles. The number of ether oxygens (including phenoxy) is 1. The molecule has 2 amide bonds. The van der Waals surface area contributed by atoms with E-state index in [0.717, 1.165) is 25.7 Å². The number of rotatable bonds is 6. The third kappa shape index (κ3) is 4.15. The lowest BCUT2D eigenvalue weighted by Crippen LogP contribution is -2.36. The van der Waals surface area contributed by atoms with Gasteiger partial charge in [-0.15, -0.1) is 0 Å². The zero-order chi connectivity index (χ0) is 16.9. The number of likely N-dealkylation sites (tertiary alicyclic amines) is 1. The van der Waals surface area contributed by atoms with Gasteiger partial charge >= 0.3 is 5.97 Å². The molecule has 0 spiro atoms. The van der Waals surface area contributed by atoms with Crippen molar-refractivity contribution in [1.29, 1.82) is 0 Å². The molecule has 1 N–H and O–H groups in total. The minimum absolute atomic E-state index is 0.108. The zero-order valence-corrected chi connectivity index (χ0v) is 13.5. The van der Waals surface area contributed by atoms with Crippen molar-refractivity contribution in [1.82, 2.24) is 10.2 Å². The van der Waals surface area contributed by atoms with Gasteiger partial charge in [0.05, 0.1) is 18.7 Å². The summed E-state index contributed by atoms with van der Waals surface area (Å²) < 4.78 is 10.3. The van der Waals surface area contributed by atoms with Crippen LogP contribution in [0, 0.1) is 5.92 Å². The minimum atomic E-state index is -0.522. The lowest BCUT2D eigenvalue weighted by molar-refractivity contribution is -0.152. The fraction of sp³-hybridized carbons (Fsp3) is 0.588. The molecule has 24 heavy (non-hydrogen) atoms. The van der Waals surface area contributed by atoms with E-state index < -0.39 is 11.9 Å². The third-order valence-electron chi connectivity index (χ3n) is 4.54. The maximum atomic E-state index is 12.1. The number of hydrogen-bond donors (Lipinski definition) is 1. The standard InChI is InChI=1S/C17H22N2O5/c20-15(18-13-4-1-2-5-13)11-24-17(22)12-8-16(21)19(9-12)10-14-6-3-7-23-14/h3,6-7,12-13H,1-2,4-5,8-11H2,(H,18,20)/t12-/m1/s1. The van der Waals surface area contributed by atoms with Crippen molar-refractivity contribution < 1.29 is 23.5 Å². The molecule has 7 nitrogen and oxygen atoms in total. The van der Waals surface area contributed by atoms with Gasteiger partial charge in [0.2, 0.25) is 5.91 Å². The summed E-state index contributed by atoms with van der Waals surface area (Å²) in [6.45, 7) is 0.360. The molecule has 0 radical (unpaired) electrons. The van der Waals surface area contributed by atoms with Gasteiger partial charge in [-0.3, -0.25) is 14.4 Å². The number of furan rings is 1. The van der Waals surface area contributed by atoms with Gasteiger partial charge in [0, 0.05) is 19.0 Å². The van der Waals surface area contributed by atoms with Gasteiger partial charge in [-0.2, -0.15) is 0 Å². The molecule has 130 valence electrons. The smallest absolute Gasteiger partial charge is 0.311 e. The van der Waals surface area contributed by atoms with E-state index in [-0.39, 0.29) is 30.9 Å². The molecule has 1 aromatic heterocycles. The van der Waals surface area contributed by atoms with E-state index in [1.807, 2.05) is 0 Å². The van der Waals surface area contributed by atoms with Crippen LogP contribution in [0.25, 0.3) is 0 Å². The summed E-state index contributed by atoms with van der Waals surface area (Å²) >= 11 is 0. The molecule has 0 bridgehead atoms. The van der Waals surface area contributed by atoms with Crippen molar-refractivity contribution >= 4 is 17.8 Å². The van der Waals surface area contributed by atoms with Crippen molar-refractivity contribution in [3.63, 3.8) is 0 Å². The Morgan fingerprint density at radius 1 is 1.33 bits per heavy atom. The number of carbonyl (C=O) groups is 3. The van der Waals surface area contributed by atoms with Crippen LogP contribution in [-0.2, 0) is 25.7 Å². The molecule has 7 heteroatoms. The Bertz CT molecular complexity index is 592. The summed E-state index contributed by atoms with van der Waals surface area (Å²) in [7, 11) is 0. The molecule has 2 heterocycles. The molecule has 1 aliphatic carbocycles. The highest BCUT2D eigenvalue weighted by Gasteiger charge is 2.36. The number of esters is 1. The molecular formula is C17H22N2O5. The normalized spacial score (nSPS) is 21.2. The summed E-state index contributed by atoms with van der Waals surface area (Å²) in [5.74, 6) is -0.720. The zero-order valence-electron chi connectivity index (χ0n) is 13.5. The number of amides is 2. The first-order valence-electron chi connectivity index (χ1n) is 8.38. The van der Waals surface area contributed by atoms with Crippen molar-refractivity contribution in [2.75, 3.05) is 13.2 Å². The first-order valence-corrected chi connectivity index (χ1v) is 8.38. The predicted molar refractivity (Wildman–Crippen MR) is 83.6 cm³/mol. The topological polar surface area (TPSA) is 88.9 Å². The molecular weight excluding hydrogens is 312 g/mol. The van der Waals surface area contributed by atoms with Crippen molar-refractivity contribution in [3.8, 4) is 0 Å². The average molecular weight is 334 g/mol. The second kappa shape index (κ2) is 7.51. The lowest BCUT2D eigenvalue weighted by Gasteiger charge is -2.15. The molecule has 1 aromatic rings. The van der Waals surface area contributed by atoms with E-state index in [2.05, 4.69) is 5.32 Å². The van der Waals surface area contributed by atoms with Crippen LogP contribution in [0.3, 0.4) is 0 Å². The van der Waals surface area contributed by atoms with Crippen LogP contribution >= 0.6 is 0 Å². The predicted octanol–water partition coefficient (Wildman–Crippen LogP) is 1.23. The van der Waals surface area contributed by atoms with Crippen molar-refractivity contribution in [3.05, 3.63) is 24.2 Å². The molecule has 2 aliphatic rings. The second-order valence-electron chi connectivity index (χ2n) is 6.41. The fourth-order valence-electron chi connectivity index (χ4n) is 3.27. The van der Waals surface area contributed by atoms with E-state index in [0.29, 0.717) is 18.8 Å². The van der Waals surface area contributed by atoms with Crippen LogP contribution in [0.1, 0.15) is 37.9 Å². The number of carbonyl (C=O) groups excluding carboxylic acids is 3. The summed E-state index contributed by atoms with van der Waals surface area (Å²) in [5.41, 5.74) is 0. The van der Waals surface area contributed by atoms with Crippen LogP contribution in [0.15, 0.2) is 22.8 Å². The molecule has 0 aromatic carbocycles. The average Bonchev–Trinajstić information content (AvgIpc) is 3.29. The number of nitrogens with one attached hydrogen (secondary N) is 1. The minimum Gasteiger partial charge on any atom is -0.467 e. The highest BCUT2D eigenvalue weighted by atomic mass is 16.5. The maximum absolute atomic E-state index is 12.1. The van der Waals surface area contributed by atoms with Crippen molar-refractivity contribution in [2.45, 2.75) is 44.7 Å². The summed E-state index contributed by atoms with van der Waals surface area (Å²) in [5, 5.41) is 2.87. The van der Waals surface area contributed by atoms with Gasteiger partial charge in [0.25, 0.3) is 5.91 Å². The third-order valence-corrected chi connectivity index (χ3v) is 4.54. The Balaban J connectivity index is 1.42. The van der Waals surface area contributed by atoms with E-state index in [1.54, 1.807) is 23.3 Å². The Hall–Kier alpha value is -2.31. The molecule has 3 rings (SSSR count). The second-order valence-corrected chi connectivity index (χ2v) is 6.41. The fourth-order valence-corrected chi connectivity index (χ4v) is 3.27. The van der Waals surface area contributed by atoms with Gasteiger partial charge < -0.3 is 19.4 Å². The largest absolute Gasteiger partial charge is 0.467 e. The molecule has 1 atom stereocenters. The summed E-state index contributed by atoms with van der Waals surface area (Å²) in [6.07, 6.45) is 5.88. The van der Waals surface area contributed by atoms with Crippen LogP contribution in [0.5, 0.6) is 0 Å². The first-order chi connectivity index (χ1) is 11.6. The Morgan fingerprint density at radius 2 is 2.12 bits per heavy atom. The van der Waals surface area contributed by atoms with Crippen molar-refractivity contribution in [2.24, 2.45) is 5.92 Å². The molecule has 1 saturated carbocycles. The van der Waals surface area contributed by atoms with Crippen LogP contribution in [-0.4, -0.2) is 41.9 Å². The first kappa shape index (κ1) is 16.5. The van der Waals surface area contributed by atoms with Gasteiger partial charge in [0.1, 0.15) is 5.76 Å².